The third kappa shape index (κ3) is 3.93. The van der Waals surface area contributed by atoms with E-state index in [0.717, 1.165) is 18.2 Å². The van der Waals surface area contributed by atoms with Crippen molar-refractivity contribution in [3.8, 4) is 0 Å². The molecule has 0 heterocycles. The van der Waals surface area contributed by atoms with Gasteiger partial charge in [0.1, 0.15) is 0 Å². The summed E-state index contributed by atoms with van der Waals surface area (Å²) in [5.41, 5.74) is 0. The highest BCUT2D eigenvalue weighted by Crippen LogP contribution is 2.25. The quantitative estimate of drug-likeness (QED) is 0.490. The molecule has 0 aliphatic rings. The smallest absolute Gasteiger partial charge is 0.0225 e. The fourth-order valence-electron chi connectivity index (χ4n) is 1.97. The van der Waals surface area contributed by atoms with Gasteiger partial charge in [-0.25, -0.2) is 0 Å². The lowest BCUT2D eigenvalue weighted by Crippen LogP contribution is -1.97. The maximum Gasteiger partial charge on any atom is 0.0225 e. The standard InChI is InChI=1S/C16H19ClS/c1-13(8-10-17)9-11-18-16-7-6-14-4-2-3-5-15(14)12-16/h2-7,12-13H,8-11H2,1H3. The van der Waals surface area contributed by atoms with Gasteiger partial charge in [0, 0.05) is 10.8 Å². The van der Waals surface area contributed by atoms with Crippen molar-refractivity contribution >= 4 is 34.1 Å². The molecule has 2 rings (SSSR count). The number of hydrogen-bond acceptors (Lipinski definition) is 1. The van der Waals surface area contributed by atoms with Crippen LogP contribution in [0.2, 0.25) is 0 Å². The predicted octanol–water partition coefficient (Wildman–Crippen LogP) is 5.59. The normalized spacial score (nSPS) is 12.8. The average Bonchev–Trinajstić information content (AvgIpc) is 2.39. The molecule has 0 radical (unpaired) electrons. The van der Waals surface area contributed by atoms with Crippen molar-refractivity contribution < 1.29 is 0 Å². The molecule has 96 valence electrons. The summed E-state index contributed by atoms with van der Waals surface area (Å²) < 4.78 is 0. The molecule has 1 unspecified atom stereocenters. The van der Waals surface area contributed by atoms with Crippen molar-refractivity contribution in [2.45, 2.75) is 24.7 Å². The largest absolute Gasteiger partial charge is 0.127 e. The van der Waals surface area contributed by atoms with Crippen LogP contribution in [0.25, 0.3) is 10.8 Å². The number of rotatable bonds is 6. The van der Waals surface area contributed by atoms with Crippen LogP contribution < -0.4 is 0 Å². The lowest BCUT2D eigenvalue weighted by atomic mass is 10.1. The van der Waals surface area contributed by atoms with E-state index in [1.165, 1.54) is 27.8 Å². The maximum atomic E-state index is 5.75. The third-order valence-corrected chi connectivity index (χ3v) is 4.45. The number of benzene rings is 2. The molecule has 2 aromatic rings. The van der Waals surface area contributed by atoms with E-state index in [2.05, 4.69) is 49.4 Å². The van der Waals surface area contributed by atoms with Crippen molar-refractivity contribution in [1.29, 1.82) is 0 Å². The molecule has 0 saturated carbocycles. The lowest BCUT2D eigenvalue weighted by Gasteiger charge is -2.09. The molecule has 0 bridgehead atoms. The maximum absolute atomic E-state index is 5.75. The van der Waals surface area contributed by atoms with Crippen LogP contribution >= 0.6 is 23.4 Å². The van der Waals surface area contributed by atoms with E-state index in [0.29, 0.717) is 0 Å². The van der Waals surface area contributed by atoms with Gasteiger partial charge in [-0.15, -0.1) is 23.4 Å². The SMILES string of the molecule is CC(CCCl)CCSc1ccc2ccccc2c1. The van der Waals surface area contributed by atoms with E-state index in [4.69, 9.17) is 11.6 Å². The molecule has 0 saturated heterocycles. The minimum Gasteiger partial charge on any atom is -0.127 e. The van der Waals surface area contributed by atoms with Crippen LogP contribution in [0.1, 0.15) is 19.8 Å². The second kappa shape index (κ2) is 7.06. The highest BCUT2D eigenvalue weighted by Gasteiger charge is 2.02. The van der Waals surface area contributed by atoms with Gasteiger partial charge >= 0.3 is 0 Å². The molecule has 1 atom stereocenters. The van der Waals surface area contributed by atoms with Crippen LogP contribution in [0.15, 0.2) is 47.4 Å². The van der Waals surface area contributed by atoms with Crippen LogP contribution in [0, 0.1) is 5.92 Å². The van der Waals surface area contributed by atoms with Gasteiger partial charge < -0.3 is 0 Å². The van der Waals surface area contributed by atoms with Gasteiger partial charge in [0.05, 0.1) is 0 Å². The summed E-state index contributed by atoms with van der Waals surface area (Å²) in [5.74, 6) is 2.69. The summed E-state index contributed by atoms with van der Waals surface area (Å²) in [4.78, 5) is 1.37. The van der Waals surface area contributed by atoms with Gasteiger partial charge in [-0.3, -0.25) is 0 Å². The first-order valence-electron chi connectivity index (χ1n) is 6.47. The van der Waals surface area contributed by atoms with Crippen molar-refractivity contribution in [3.63, 3.8) is 0 Å². The van der Waals surface area contributed by atoms with Crippen LogP contribution in [0.4, 0.5) is 0 Å². The van der Waals surface area contributed by atoms with E-state index < -0.39 is 0 Å². The van der Waals surface area contributed by atoms with Gasteiger partial charge in [-0.1, -0.05) is 37.3 Å². The third-order valence-electron chi connectivity index (χ3n) is 3.20. The van der Waals surface area contributed by atoms with Gasteiger partial charge in [-0.05, 0) is 47.4 Å². The van der Waals surface area contributed by atoms with E-state index in [9.17, 15) is 0 Å². The fraction of sp³-hybridized carbons (Fsp3) is 0.375. The zero-order valence-electron chi connectivity index (χ0n) is 10.7. The number of halogens is 1. The summed E-state index contributed by atoms with van der Waals surface area (Å²) in [6, 6.07) is 15.2. The van der Waals surface area contributed by atoms with Gasteiger partial charge in [0.25, 0.3) is 0 Å². The van der Waals surface area contributed by atoms with E-state index >= 15 is 0 Å². The molecular weight excluding hydrogens is 260 g/mol. The first kappa shape index (κ1) is 13.8. The van der Waals surface area contributed by atoms with Crippen molar-refractivity contribution in [1.82, 2.24) is 0 Å². The Morgan fingerprint density at radius 1 is 1.06 bits per heavy atom. The Labute approximate surface area is 119 Å². The second-order valence-electron chi connectivity index (χ2n) is 4.73. The van der Waals surface area contributed by atoms with Gasteiger partial charge in [0.2, 0.25) is 0 Å². The lowest BCUT2D eigenvalue weighted by molar-refractivity contribution is 0.552. The molecule has 0 aliphatic carbocycles. The van der Waals surface area contributed by atoms with Crippen LogP contribution in [-0.4, -0.2) is 11.6 Å². The Morgan fingerprint density at radius 3 is 2.61 bits per heavy atom. The molecule has 18 heavy (non-hydrogen) atoms. The Balaban J connectivity index is 1.91. The Morgan fingerprint density at radius 2 is 1.83 bits per heavy atom. The summed E-state index contributed by atoms with van der Waals surface area (Å²) in [5, 5.41) is 2.65. The van der Waals surface area contributed by atoms with Crippen molar-refractivity contribution in [2.24, 2.45) is 5.92 Å². The Kier molecular flexibility index (Phi) is 5.40. The first-order valence-corrected chi connectivity index (χ1v) is 7.99. The number of thioether (sulfide) groups is 1. The van der Waals surface area contributed by atoms with E-state index in [1.807, 2.05) is 11.8 Å². The molecule has 0 fully saturated rings. The van der Waals surface area contributed by atoms with Crippen molar-refractivity contribution in [3.05, 3.63) is 42.5 Å². The monoisotopic (exact) mass is 278 g/mol. The Bertz CT molecular complexity index is 495. The predicted molar refractivity (Wildman–Crippen MR) is 83.8 cm³/mol. The van der Waals surface area contributed by atoms with Crippen molar-refractivity contribution in [2.75, 3.05) is 11.6 Å². The topological polar surface area (TPSA) is 0 Å². The minimum absolute atomic E-state index is 0.732. The number of alkyl halides is 1. The highest BCUT2D eigenvalue weighted by molar-refractivity contribution is 7.99. The second-order valence-corrected chi connectivity index (χ2v) is 6.28. The molecule has 0 aromatic heterocycles. The van der Waals surface area contributed by atoms with E-state index in [1.54, 1.807) is 0 Å². The average molecular weight is 279 g/mol. The number of hydrogen-bond donors (Lipinski definition) is 0. The summed E-state index contributed by atoms with van der Waals surface area (Å²) in [6.07, 6.45) is 2.37. The minimum atomic E-state index is 0.732. The zero-order chi connectivity index (χ0) is 12.8. The highest BCUT2D eigenvalue weighted by atomic mass is 35.5. The summed E-state index contributed by atoms with van der Waals surface area (Å²) in [6.45, 7) is 2.28. The molecular formula is C16H19ClS. The van der Waals surface area contributed by atoms with Crippen LogP contribution in [0.3, 0.4) is 0 Å². The number of fused-ring (bicyclic) bond motifs is 1. The summed E-state index contributed by atoms with van der Waals surface area (Å²) in [7, 11) is 0. The van der Waals surface area contributed by atoms with Crippen LogP contribution in [0.5, 0.6) is 0 Å². The van der Waals surface area contributed by atoms with Gasteiger partial charge in [0.15, 0.2) is 0 Å². The molecule has 2 aromatic carbocycles. The molecule has 0 nitrogen and oxygen atoms in total. The molecule has 0 spiro atoms. The fourth-order valence-corrected chi connectivity index (χ4v) is 3.47. The summed E-state index contributed by atoms with van der Waals surface area (Å²) >= 11 is 7.70. The van der Waals surface area contributed by atoms with Crippen LogP contribution in [-0.2, 0) is 0 Å². The molecule has 0 amide bonds. The van der Waals surface area contributed by atoms with Gasteiger partial charge in [-0.2, -0.15) is 0 Å². The molecule has 2 heteroatoms. The first-order chi connectivity index (χ1) is 8.79. The Hall–Kier alpha value is -0.660. The molecule has 0 aliphatic heterocycles. The van der Waals surface area contributed by atoms with E-state index in [-0.39, 0.29) is 0 Å². The zero-order valence-corrected chi connectivity index (χ0v) is 12.3. The molecule has 0 N–H and O–H groups in total.